The maximum absolute atomic E-state index is 6.00. The molecule has 6 nitrogen and oxygen atoms in total. The van der Waals surface area contributed by atoms with Crippen LogP contribution in [0.5, 0.6) is 11.8 Å². The van der Waals surface area contributed by atoms with Gasteiger partial charge in [-0.3, -0.25) is 0 Å². The lowest BCUT2D eigenvalue weighted by atomic mass is 9.80. The van der Waals surface area contributed by atoms with Gasteiger partial charge < -0.3 is 18.8 Å². The number of rotatable bonds is 5. The van der Waals surface area contributed by atoms with Crippen molar-refractivity contribution in [3.05, 3.63) is 41.1 Å². The van der Waals surface area contributed by atoms with Crippen molar-refractivity contribution < 1.29 is 18.8 Å². The third-order valence-corrected chi connectivity index (χ3v) is 5.19. The fourth-order valence-corrected chi connectivity index (χ4v) is 2.86. The first-order chi connectivity index (χ1) is 13.9. The second-order valence-electron chi connectivity index (χ2n) is 8.66. The number of hydrogen-bond donors (Lipinski definition) is 0. The van der Waals surface area contributed by atoms with Crippen molar-refractivity contribution in [3.63, 3.8) is 0 Å². The lowest BCUT2D eigenvalue weighted by molar-refractivity contribution is 0.00578. The zero-order chi connectivity index (χ0) is 22.5. The zero-order valence-electron chi connectivity index (χ0n) is 19.1. The number of pyridine rings is 2. The molecule has 3 heterocycles. The minimum atomic E-state index is -0.373. The average Bonchev–Trinajstić information content (AvgIpc) is 2.82. The SMILES string of the molecule is CC(C)Oc1cc(B2OC(C)(C)C(C)(C)O2)ccn1.CC(C)Oc1cc(Br)ccn1. The maximum atomic E-state index is 6.00. The molecule has 8 heteroatoms. The molecule has 0 spiro atoms. The Morgan fingerprint density at radius 2 is 1.30 bits per heavy atom. The third kappa shape index (κ3) is 6.96. The minimum Gasteiger partial charge on any atom is -0.475 e. The Morgan fingerprint density at radius 3 is 1.77 bits per heavy atom. The number of ether oxygens (including phenoxy) is 2. The van der Waals surface area contributed by atoms with Crippen LogP contribution in [0.15, 0.2) is 41.1 Å². The van der Waals surface area contributed by atoms with E-state index < -0.39 is 0 Å². The van der Waals surface area contributed by atoms with Crippen molar-refractivity contribution in [1.82, 2.24) is 9.97 Å². The summed E-state index contributed by atoms with van der Waals surface area (Å²) in [6, 6.07) is 7.49. The van der Waals surface area contributed by atoms with Crippen molar-refractivity contribution in [3.8, 4) is 11.8 Å². The van der Waals surface area contributed by atoms with Crippen LogP contribution < -0.4 is 14.9 Å². The summed E-state index contributed by atoms with van der Waals surface area (Å²) in [5, 5.41) is 0. The Kier molecular flexibility index (Phi) is 8.31. The molecule has 1 saturated heterocycles. The van der Waals surface area contributed by atoms with Crippen molar-refractivity contribution in [1.29, 1.82) is 0 Å². The highest BCUT2D eigenvalue weighted by Crippen LogP contribution is 2.36. The monoisotopic (exact) mass is 478 g/mol. The van der Waals surface area contributed by atoms with Gasteiger partial charge in [-0.2, -0.15) is 0 Å². The Bertz CT molecular complexity index is 814. The highest BCUT2D eigenvalue weighted by molar-refractivity contribution is 9.10. The molecule has 0 saturated carbocycles. The molecule has 0 bridgehead atoms. The smallest absolute Gasteiger partial charge is 0.475 e. The largest absolute Gasteiger partial charge is 0.495 e. The van der Waals surface area contributed by atoms with E-state index in [4.69, 9.17) is 18.8 Å². The van der Waals surface area contributed by atoms with Gasteiger partial charge in [-0.1, -0.05) is 15.9 Å². The van der Waals surface area contributed by atoms with Gasteiger partial charge in [0.25, 0.3) is 0 Å². The van der Waals surface area contributed by atoms with E-state index in [2.05, 4.69) is 25.9 Å². The lowest BCUT2D eigenvalue weighted by Gasteiger charge is -2.32. The predicted octanol–water partition coefficient (Wildman–Crippen LogP) is 4.80. The molecule has 164 valence electrons. The molecule has 0 amide bonds. The molecule has 0 atom stereocenters. The Morgan fingerprint density at radius 1 is 0.833 bits per heavy atom. The maximum Gasteiger partial charge on any atom is 0.495 e. The van der Waals surface area contributed by atoms with Gasteiger partial charge in [-0.05, 0) is 73.0 Å². The van der Waals surface area contributed by atoms with Gasteiger partial charge >= 0.3 is 7.12 Å². The van der Waals surface area contributed by atoms with Gasteiger partial charge in [-0.15, -0.1) is 0 Å². The number of nitrogens with zero attached hydrogens (tertiary/aromatic N) is 2. The topological polar surface area (TPSA) is 62.7 Å². The predicted molar refractivity (Wildman–Crippen MR) is 123 cm³/mol. The average molecular weight is 479 g/mol. The van der Waals surface area contributed by atoms with E-state index in [0.29, 0.717) is 11.8 Å². The molecule has 1 aliphatic heterocycles. The van der Waals surface area contributed by atoms with Crippen molar-refractivity contribution in [2.75, 3.05) is 0 Å². The Balaban J connectivity index is 0.000000248. The summed E-state index contributed by atoms with van der Waals surface area (Å²) in [5.41, 5.74) is 0.268. The summed E-state index contributed by atoms with van der Waals surface area (Å²) in [7, 11) is -0.373. The van der Waals surface area contributed by atoms with Crippen LogP contribution in [0.4, 0.5) is 0 Å². The highest BCUT2D eigenvalue weighted by Gasteiger charge is 2.51. The van der Waals surface area contributed by atoms with Crippen LogP contribution in [0, 0.1) is 0 Å². The van der Waals surface area contributed by atoms with Crippen LogP contribution in [0.2, 0.25) is 0 Å². The molecular formula is C22H32BBrN2O4. The molecule has 3 rings (SSSR count). The van der Waals surface area contributed by atoms with Crippen LogP contribution in [-0.4, -0.2) is 40.5 Å². The van der Waals surface area contributed by atoms with E-state index in [9.17, 15) is 0 Å². The molecule has 0 radical (unpaired) electrons. The summed E-state index contributed by atoms with van der Waals surface area (Å²) < 4.78 is 23.9. The van der Waals surface area contributed by atoms with Gasteiger partial charge in [0.05, 0.1) is 23.4 Å². The van der Waals surface area contributed by atoms with E-state index in [1.165, 1.54) is 0 Å². The number of halogens is 1. The van der Waals surface area contributed by atoms with E-state index in [0.717, 1.165) is 9.94 Å². The van der Waals surface area contributed by atoms with Crippen molar-refractivity contribution in [2.24, 2.45) is 0 Å². The van der Waals surface area contributed by atoms with Gasteiger partial charge in [0.2, 0.25) is 11.8 Å². The molecule has 0 N–H and O–H groups in total. The van der Waals surface area contributed by atoms with E-state index in [1.54, 1.807) is 12.4 Å². The highest BCUT2D eigenvalue weighted by atomic mass is 79.9. The molecule has 2 aromatic rings. The standard InChI is InChI=1S/C14H22BNO3.C8H10BrNO/c1-10(2)17-12-9-11(7-8-16-12)15-18-13(3,4)14(5,6)19-15;1-6(2)11-8-5-7(9)3-4-10-8/h7-10H,1-6H3;3-6H,1-2H3. The van der Waals surface area contributed by atoms with E-state index >= 15 is 0 Å². The molecule has 0 aliphatic carbocycles. The minimum absolute atomic E-state index is 0.0982. The summed E-state index contributed by atoms with van der Waals surface area (Å²) in [6.07, 6.45) is 3.71. The first kappa shape index (κ1) is 24.6. The van der Waals surface area contributed by atoms with Crippen molar-refractivity contribution in [2.45, 2.75) is 78.8 Å². The Labute approximate surface area is 189 Å². The quantitative estimate of drug-likeness (QED) is 0.575. The summed E-state index contributed by atoms with van der Waals surface area (Å²) in [4.78, 5) is 8.22. The normalized spacial score (nSPS) is 17.0. The molecule has 0 aromatic carbocycles. The summed E-state index contributed by atoms with van der Waals surface area (Å²) in [5.74, 6) is 1.26. The van der Waals surface area contributed by atoms with Crippen LogP contribution in [0.3, 0.4) is 0 Å². The molecule has 30 heavy (non-hydrogen) atoms. The second-order valence-corrected chi connectivity index (χ2v) is 9.58. The van der Waals surface area contributed by atoms with Gasteiger partial charge in [0, 0.05) is 29.0 Å². The molecule has 1 fully saturated rings. The van der Waals surface area contributed by atoms with Crippen LogP contribution in [0.1, 0.15) is 55.4 Å². The number of aromatic nitrogens is 2. The zero-order valence-corrected chi connectivity index (χ0v) is 20.7. The van der Waals surface area contributed by atoms with Crippen LogP contribution in [-0.2, 0) is 9.31 Å². The van der Waals surface area contributed by atoms with Crippen molar-refractivity contribution >= 4 is 28.5 Å². The molecular weight excluding hydrogens is 447 g/mol. The Hall–Kier alpha value is -1.64. The fraction of sp³-hybridized carbons (Fsp3) is 0.545. The first-order valence-corrected chi connectivity index (χ1v) is 11.0. The second kappa shape index (κ2) is 10.1. The fourth-order valence-electron chi connectivity index (χ4n) is 2.55. The van der Waals surface area contributed by atoms with Gasteiger partial charge in [0.15, 0.2) is 0 Å². The van der Waals surface area contributed by atoms with E-state index in [1.807, 2.05) is 79.7 Å². The molecule has 2 aromatic heterocycles. The van der Waals surface area contributed by atoms with Gasteiger partial charge in [0.1, 0.15) is 0 Å². The summed E-state index contributed by atoms with van der Waals surface area (Å²) >= 11 is 3.33. The van der Waals surface area contributed by atoms with E-state index in [-0.39, 0.29) is 30.5 Å². The van der Waals surface area contributed by atoms with Crippen LogP contribution >= 0.6 is 15.9 Å². The molecule has 1 aliphatic rings. The molecule has 0 unspecified atom stereocenters. The lowest BCUT2D eigenvalue weighted by Crippen LogP contribution is -2.41. The number of hydrogen-bond acceptors (Lipinski definition) is 6. The first-order valence-electron chi connectivity index (χ1n) is 10.2. The third-order valence-electron chi connectivity index (χ3n) is 4.69. The summed E-state index contributed by atoms with van der Waals surface area (Å²) in [6.45, 7) is 16.1. The van der Waals surface area contributed by atoms with Gasteiger partial charge in [-0.25, -0.2) is 9.97 Å². The van der Waals surface area contributed by atoms with Crippen LogP contribution in [0.25, 0.3) is 0 Å².